The van der Waals surface area contributed by atoms with Crippen LogP contribution in [0.25, 0.3) is 0 Å². The molecule has 2 N–H and O–H groups in total. The maximum atomic E-state index is 12.9. The lowest BCUT2D eigenvalue weighted by atomic mass is 9.91. The van der Waals surface area contributed by atoms with Crippen LogP contribution in [0.5, 0.6) is 0 Å². The first-order chi connectivity index (χ1) is 12.6. The van der Waals surface area contributed by atoms with Crippen LogP contribution in [0.4, 0.5) is 5.69 Å². The Morgan fingerprint density at radius 3 is 2.00 bits per heavy atom. The molecule has 1 rings (SSSR count). The summed E-state index contributed by atoms with van der Waals surface area (Å²) in [5, 5.41) is 17.9. The van der Waals surface area contributed by atoms with E-state index in [1.165, 1.54) is 4.90 Å². The van der Waals surface area contributed by atoms with E-state index in [1.807, 2.05) is 6.92 Å². The zero-order chi connectivity index (χ0) is 20.6. The molecule has 0 saturated heterocycles. The molecule has 0 saturated carbocycles. The minimum absolute atomic E-state index is 0.150. The highest BCUT2D eigenvalue weighted by molar-refractivity contribution is 6.02. The molecule has 0 aliphatic rings. The summed E-state index contributed by atoms with van der Waals surface area (Å²) in [4.78, 5) is 36.0. The molecule has 1 aromatic rings. The lowest BCUT2D eigenvalue weighted by molar-refractivity contribution is -0.136. The SMILES string of the molecule is CCC(C)(OCCC(C)C)C(=O)c1ccc(N(CC(=O)O)CC(=O)O)cc1. The fourth-order valence-corrected chi connectivity index (χ4v) is 2.54. The molecular formula is C20H29NO6. The molecule has 7 heteroatoms. The Morgan fingerprint density at radius 1 is 1.07 bits per heavy atom. The summed E-state index contributed by atoms with van der Waals surface area (Å²) in [5.41, 5.74) is -0.0633. The minimum Gasteiger partial charge on any atom is -0.480 e. The van der Waals surface area contributed by atoms with Gasteiger partial charge in [-0.15, -0.1) is 0 Å². The third-order valence-electron chi connectivity index (χ3n) is 4.42. The summed E-state index contributed by atoms with van der Waals surface area (Å²) in [6, 6.07) is 6.27. The molecule has 0 heterocycles. The number of aliphatic carboxylic acids is 2. The Labute approximate surface area is 159 Å². The summed E-state index contributed by atoms with van der Waals surface area (Å²) < 4.78 is 5.87. The second kappa shape index (κ2) is 10.1. The second-order valence-electron chi connectivity index (χ2n) is 7.13. The van der Waals surface area contributed by atoms with Crippen LogP contribution in [-0.4, -0.2) is 53.2 Å². The number of nitrogens with zero attached hydrogens (tertiary/aromatic N) is 1. The minimum atomic E-state index is -1.13. The Kier molecular flexibility index (Phi) is 8.43. The fraction of sp³-hybridized carbons (Fsp3) is 0.550. The molecule has 0 aliphatic heterocycles. The lowest BCUT2D eigenvalue weighted by Crippen LogP contribution is -2.38. The summed E-state index contributed by atoms with van der Waals surface area (Å²) in [6.07, 6.45) is 1.39. The molecule has 27 heavy (non-hydrogen) atoms. The van der Waals surface area contributed by atoms with E-state index in [2.05, 4.69) is 13.8 Å². The Hall–Kier alpha value is -2.41. The average molecular weight is 379 g/mol. The zero-order valence-corrected chi connectivity index (χ0v) is 16.4. The van der Waals surface area contributed by atoms with E-state index in [-0.39, 0.29) is 5.78 Å². The molecule has 7 nitrogen and oxygen atoms in total. The molecular weight excluding hydrogens is 350 g/mol. The third kappa shape index (κ3) is 7.02. The maximum Gasteiger partial charge on any atom is 0.323 e. The number of carbonyl (C=O) groups excluding carboxylic acids is 1. The van der Waals surface area contributed by atoms with E-state index in [0.717, 1.165) is 6.42 Å². The van der Waals surface area contributed by atoms with Crippen molar-refractivity contribution in [2.45, 2.75) is 46.1 Å². The van der Waals surface area contributed by atoms with Crippen molar-refractivity contribution in [2.24, 2.45) is 5.92 Å². The number of hydrogen-bond acceptors (Lipinski definition) is 5. The topological polar surface area (TPSA) is 104 Å². The number of benzene rings is 1. The van der Waals surface area contributed by atoms with Crippen molar-refractivity contribution in [2.75, 3.05) is 24.6 Å². The maximum absolute atomic E-state index is 12.9. The van der Waals surface area contributed by atoms with Crippen LogP contribution in [0.15, 0.2) is 24.3 Å². The van der Waals surface area contributed by atoms with Crippen LogP contribution in [-0.2, 0) is 14.3 Å². The van der Waals surface area contributed by atoms with Crippen molar-refractivity contribution in [1.29, 1.82) is 0 Å². The smallest absolute Gasteiger partial charge is 0.323 e. The second-order valence-corrected chi connectivity index (χ2v) is 7.13. The molecule has 0 bridgehead atoms. The molecule has 0 radical (unpaired) electrons. The van der Waals surface area contributed by atoms with Gasteiger partial charge in [0.15, 0.2) is 5.78 Å². The summed E-state index contributed by atoms with van der Waals surface area (Å²) >= 11 is 0. The molecule has 0 aromatic heterocycles. The highest BCUT2D eigenvalue weighted by Crippen LogP contribution is 2.24. The monoisotopic (exact) mass is 379 g/mol. The van der Waals surface area contributed by atoms with E-state index in [4.69, 9.17) is 14.9 Å². The number of carboxylic acids is 2. The normalized spacial score (nSPS) is 13.2. The van der Waals surface area contributed by atoms with Crippen LogP contribution in [0, 0.1) is 5.92 Å². The van der Waals surface area contributed by atoms with E-state index in [0.29, 0.717) is 30.2 Å². The highest BCUT2D eigenvalue weighted by atomic mass is 16.5. The van der Waals surface area contributed by atoms with Crippen LogP contribution in [0.1, 0.15) is 50.9 Å². The Morgan fingerprint density at radius 2 is 1.59 bits per heavy atom. The van der Waals surface area contributed by atoms with Crippen LogP contribution in [0.2, 0.25) is 0 Å². The van der Waals surface area contributed by atoms with Gasteiger partial charge in [-0.1, -0.05) is 20.8 Å². The largest absolute Gasteiger partial charge is 0.480 e. The first kappa shape index (κ1) is 22.6. The van der Waals surface area contributed by atoms with Crippen molar-refractivity contribution in [3.63, 3.8) is 0 Å². The van der Waals surface area contributed by atoms with Gasteiger partial charge in [0, 0.05) is 17.9 Å². The van der Waals surface area contributed by atoms with E-state index >= 15 is 0 Å². The van der Waals surface area contributed by atoms with Crippen LogP contribution < -0.4 is 4.90 Å². The molecule has 1 atom stereocenters. The van der Waals surface area contributed by atoms with Crippen molar-refractivity contribution in [3.8, 4) is 0 Å². The van der Waals surface area contributed by atoms with Gasteiger partial charge in [-0.05, 0) is 49.9 Å². The molecule has 0 aliphatic carbocycles. The molecule has 0 amide bonds. The van der Waals surface area contributed by atoms with Crippen molar-refractivity contribution in [3.05, 3.63) is 29.8 Å². The van der Waals surface area contributed by atoms with Crippen molar-refractivity contribution in [1.82, 2.24) is 0 Å². The van der Waals surface area contributed by atoms with Crippen molar-refractivity contribution < 1.29 is 29.3 Å². The number of ketones is 1. The van der Waals surface area contributed by atoms with Gasteiger partial charge < -0.3 is 19.8 Å². The van der Waals surface area contributed by atoms with Gasteiger partial charge in [-0.25, -0.2) is 0 Å². The summed E-state index contributed by atoms with van der Waals surface area (Å²) in [5.74, 6) is -1.93. The van der Waals surface area contributed by atoms with Gasteiger partial charge >= 0.3 is 11.9 Å². The molecule has 150 valence electrons. The first-order valence-electron chi connectivity index (χ1n) is 9.06. The number of rotatable bonds is 12. The predicted molar refractivity (Wildman–Crippen MR) is 102 cm³/mol. The number of ether oxygens (including phenoxy) is 1. The Balaban J connectivity index is 2.95. The average Bonchev–Trinajstić information content (AvgIpc) is 2.59. The zero-order valence-electron chi connectivity index (χ0n) is 16.4. The summed E-state index contributed by atoms with van der Waals surface area (Å²) in [7, 11) is 0. The van der Waals surface area contributed by atoms with Gasteiger partial charge in [0.25, 0.3) is 0 Å². The van der Waals surface area contributed by atoms with Crippen LogP contribution >= 0.6 is 0 Å². The number of Topliss-reactive ketones (excluding diaryl/α,β-unsaturated/α-hetero) is 1. The van der Waals surface area contributed by atoms with Crippen molar-refractivity contribution >= 4 is 23.4 Å². The number of hydrogen-bond donors (Lipinski definition) is 2. The van der Waals surface area contributed by atoms with E-state index in [9.17, 15) is 14.4 Å². The molecule has 0 spiro atoms. The molecule has 1 unspecified atom stereocenters. The molecule has 1 aromatic carbocycles. The number of carboxylic acid groups (broad SMARTS) is 2. The first-order valence-corrected chi connectivity index (χ1v) is 9.06. The predicted octanol–water partition coefficient (Wildman–Crippen LogP) is 3.08. The fourth-order valence-electron chi connectivity index (χ4n) is 2.54. The van der Waals surface area contributed by atoms with Gasteiger partial charge in [0.2, 0.25) is 0 Å². The Bertz CT molecular complexity index is 639. The van der Waals surface area contributed by atoms with Gasteiger partial charge in [0.05, 0.1) is 0 Å². The van der Waals surface area contributed by atoms with Crippen LogP contribution in [0.3, 0.4) is 0 Å². The van der Waals surface area contributed by atoms with Gasteiger partial charge in [-0.2, -0.15) is 0 Å². The van der Waals surface area contributed by atoms with Gasteiger partial charge in [0.1, 0.15) is 18.7 Å². The summed E-state index contributed by atoms with van der Waals surface area (Å²) in [6.45, 7) is 7.46. The molecule has 0 fully saturated rings. The standard InChI is InChI=1S/C20H29NO6/c1-5-20(4,27-11-10-14(2)3)19(26)15-6-8-16(9-7-15)21(12-17(22)23)13-18(24)25/h6-9,14H,5,10-13H2,1-4H3,(H,22,23)(H,24,25). The lowest BCUT2D eigenvalue weighted by Gasteiger charge is -2.28. The number of anilines is 1. The number of carbonyl (C=O) groups is 3. The van der Waals surface area contributed by atoms with E-state index in [1.54, 1.807) is 31.2 Å². The quantitative estimate of drug-likeness (QED) is 0.538. The van der Waals surface area contributed by atoms with Gasteiger partial charge in [-0.3, -0.25) is 14.4 Å². The highest BCUT2D eigenvalue weighted by Gasteiger charge is 2.33. The van der Waals surface area contributed by atoms with E-state index < -0.39 is 30.6 Å². The third-order valence-corrected chi connectivity index (χ3v) is 4.42.